The Hall–Kier alpha value is -1.13. The molecule has 3 atom stereocenters. The molecule has 1 aromatic heterocycles. The van der Waals surface area contributed by atoms with Crippen molar-refractivity contribution in [3.8, 4) is 5.75 Å². The molecular formula is C13H19N3O. The van der Waals surface area contributed by atoms with E-state index >= 15 is 0 Å². The number of ether oxygens (including phenoxy) is 1. The van der Waals surface area contributed by atoms with E-state index in [-0.39, 0.29) is 6.04 Å². The zero-order valence-corrected chi connectivity index (χ0v) is 10.1. The van der Waals surface area contributed by atoms with E-state index in [9.17, 15) is 0 Å². The summed E-state index contributed by atoms with van der Waals surface area (Å²) in [7, 11) is 1.66. The second-order valence-electron chi connectivity index (χ2n) is 5.29. The Morgan fingerprint density at radius 3 is 2.76 bits per heavy atom. The maximum Gasteiger partial charge on any atom is 0.137 e. The molecule has 0 radical (unpaired) electrons. The zero-order valence-electron chi connectivity index (χ0n) is 10.1. The van der Waals surface area contributed by atoms with Gasteiger partial charge in [0.1, 0.15) is 5.75 Å². The maximum atomic E-state index is 5.72. The molecule has 1 aromatic rings. The highest BCUT2D eigenvalue weighted by molar-refractivity contribution is 5.26. The van der Waals surface area contributed by atoms with Crippen LogP contribution in [0, 0.1) is 17.8 Å². The standard InChI is InChI=1S/C13H19N3O/c1-17-12-5-11(6-15-7-12)13(16-14)10-3-8-2-9(8)4-10/h5-10,13,16H,2-4,14H2,1H3. The highest BCUT2D eigenvalue weighted by atomic mass is 16.5. The van der Waals surface area contributed by atoms with Crippen LogP contribution >= 0.6 is 0 Å². The van der Waals surface area contributed by atoms with Gasteiger partial charge in [-0.25, -0.2) is 0 Å². The third kappa shape index (κ3) is 2.03. The summed E-state index contributed by atoms with van der Waals surface area (Å²) < 4.78 is 5.21. The predicted molar refractivity (Wildman–Crippen MR) is 65.2 cm³/mol. The molecule has 0 aromatic carbocycles. The van der Waals surface area contributed by atoms with Gasteiger partial charge in [0, 0.05) is 6.20 Å². The van der Waals surface area contributed by atoms with Crippen molar-refractivity contribution in [2.24, 2.45) is 23.6 Å². The summed E-state index contributed by atoms with van der Waals surface area (Å²) in [6.07, 6.45) is 7.65. The van der Waals surface area contributed by atoms with Crippen molar-refractivity contribution in [2.45, 2.75) is 25.3 Å². The third-order valence-corrected chi connectivity index (χ3v) is 4.26. The van der Waals surface area contributed by atoms with Crippen LogP contribution in [0.1, 0.15) is 30.9 Å². The van der Waals surface area contributed by atoms with E-state index < -0.39 is 0 Å². The molecule has 4 nitrogen and oxygen atoms in total. The molecule has 17 heavy (non-hydrogen) atoms. The molecule has 2 fully saturated rings. The maximum absolute atomic E-state index is 5.72. The van der Waals surface area contributed by atoms with Crippen LogP contribution in [-0.4, -0.2) is 12.1 Å². The van der Waals surface area contributed by atoms with Crippen molar-refractivity contribution in [3.05, 3.63) is 24.0 Å². The number of nitrogens with one attached hydrogen (secondary N) is 1. The smallest absolute Gasteiger partial charge is 0.137 e. The summed E-state index contributed by atoms with van der Waals surface area (Å²) in [4.78, 5) is 4.21. The minimum atomic E-state index is 0.213. The molecule has 2 aliphatic rings. The lowest BCUT2D eigenvalue weighted by Crippen LogP contribution is -2.33. The van der Waals surface area contributed by atoms with Crippen LogP contribution in [0.3, 0.4) is 0 Å². The summed E-state index contributed by atoms with van der Waals surface area (Å²) in [6.45, 7) is 0. The van der Waals surface area contributed by atoms with Crippen molar-refractivity contribution in [1.82, 2.24) is 10.4 Å². The summed E-state index contributed by atoms with van der Waals surface area (Å²) in [5, 5.41) is 0. The first-order valence-electron chi connectivity index (χ1n) is 6.27. The van der Waals surface area contributed by atoms with Crippen LogP contribution in [-0.2, 0) is 0 Å². The average Bonchev–Trinajstić information content (AvgIpc) is 2.98. The first kappa shape index (κ1) is 11.0. The number of rotatable bonds is 4. The van der Waals surface area contributed by atoms with Gasteiger partial charge in [0.15, 0.2) is 0 Å². The van der Waals surface area contributed by atoms with Gasteiger partial charge in [0.25, 0.3) is 0 Å². The second kappa shape index (κ2) is 4.27. The van der Waals surface area contributed by atoms with Crippen LogP contribution in [0.15, 0.2) is 18.5 Å². The number of pyridine rings is 1. The topological polar surface area (TPSA) is 60.2 Å². The highest BCUT2D eigenvalue weighted by Gasteiger charge is 2.48. The summed E-state index contributed by atoms with van der Waals surface area (Å²) >= 11 is 0. The predicted octanol–water partition coefficient (Wildman–Crippen LogP) is 1.64. The highest BCUT2D eigenvalue weighted by Crippen LogP contribution is 2.57. The van der Waals surface area contributed by atoms with Crippen LogP contribution < -0.4 is 16.0 Å². The van der Waals surface area contributed by atoms with Gasteiger partial charge in [-0.1, -0.05) is 0 Å². The van der Waals surface area contributed by atoms with E-state index in [0.29, 0.717) is 5.92 Å². The van der Waals surface area contributed by atoms with Crippen LogP contribution in [0.4, 0.5) is 0 Å². The number of fused-ring (bicyclic) bond motifs is 1. The number of nitrogens with zero attached hydrogens (tertiary/aromatic N) is 1. The molecule has 2 aliphatic carbocycles. The SMILES string of the molecule is COc1cncc(C(NN)C2CC3CC3C2)c1. The first-order valence-corrected chi connectivity index (χ1v) is 6.27. The van der Waals surface area contributed by atoms with Crippen molar-refractivity contribution in [1.29, 1.82) is 0 Å². The lowest BCUT2D eigenvalue weighted by atomic mass is 9.90. The summed E-state index contributed by atoms with van der Waals surface area (Å²) in [5.41, 5.74) is 4.09. The van der Waals surface area contributed by atoms with Crippen molar-refractivity contribution >= 4 is 0 Å². The van der Waals surface area contributed by atoms with Gasteiger partial charge in [-0.05, 0) is 48.6 Å². The summed E-state index contributed by atoms with van der Waals surface area (Å²) in [6, 6.07) is 2.24. The van der Waals surface area contributed by atoms with Gasteiger partial charge >= 0.3 is 0 Å². The molecule has 0 amide bonds. The van der Waals surface area contributed by atoms with E-state index in [0.717, 1.165) is 23.1 Å². The minimum Gasteiger partial charge on any atom is -0.495 e. The quantitative estimate of drug-likeness (QED) is 0.613. The molecule has 92 valence electrons. The van der Waals surface area contributed by atoms with Crippen LogP contribution in [0.25, 0.3) is 0 Å². The molecule has 0 spiro atoms. The molecule has 1 heterocycles. The lowest BCUT2D eigenvalue weighted by Gasteiger charge is -2.24. The van der Waals surface area contributed by atoms with Crippen LogP contribution in [0.5, 0.6) is 5.75 Å². The number of hydrazine groups is 1. The van der Waals surface area contributed by atoms with Gasteiger partial charge in [0.05, 0.1) is 19.3 Å². The molecule has 4 heteroatoms. The average molecular weight is 233 g/mol. The lowest BCUT2D eigenvalue weighted by molar-refractivity contribution is 0.342. The Morgan fingerprint density at radius 1 is 1.35 bits per heavy atom. The Morgan fingerprint density at radius 2 is 2.12 bits per heavy atom. The van der Waals surface area contributed by atoms with Gasteiger partial charge < -0.3 is 4.74 Å². The van der Waals surface area contributed by atoms with Crippen molar-refractivity contribution in [3.63, 3.8) is 0 Å². The number of nitrogens with two attached hydrogens (primary N) is 1. The Bertz CT molecular complexity index is 399. The van der Waals surface area contributed by atoms with Crippen LogP contribution in [0.2, 0.25) is 0 Å². The minimum absolute atomic E-state index is 0.213. The fraction of sp³-hybridized carbons (Fsp3) is 0.615. The summed E-state index contributed by atoms with van der Waals surface area (Å²) in [5.74, 6) is 9.10. The van der Waals surface area contributed by atoms with Crippen molar-refractivity contribution in [2.75, 3.05) is 7.11 Å². The van der Waals surface area contributed by atoms with E-state index in [1.54, 1.807) is 13.3 Å². The molecule has 3 rings (SSSR count). The van der Waals surface area contributed by atoms with E-state index in [1.165, 1.54) is 19.3 Å². The Kier molecular flexibility index (Phi) is 2.76. The van der Waals surface area contributed by atoms with Gasteiger partial charge in [-0.2, -0.15) is 0 Å². The molecule has 3 N–H and O–H groups in total. The fourth-order valence-electron chi connectivity index (χ4n) is 3.26. The van der Waals surface area contributed by atoms with Gasteiger partial charge in [-0.15, -0.1) is 0 Å². The number of methoxy groups -OCH3 is 1. The Labute approximate surface area is 102 Å². The third-order valence-electron chi connectivity index (χ3n) is 4.26. The molecule has 0 bridgehead atoms. The molecule has 0 saturated heterocycles. The normalized spacial score (nSPS) is 32.0. The Balaban J connectivity index is 1.78. The molecule has 2 saturated carbocycles. The van der Waals surface area contributed by atoms with Gasteiger partial charge in [0.2, 0.25) is 0 Å². The second-order valence-corrected chi connectivity index (χ2v) is 5.29. The number of hydrogen-bond acceptors (Lipinski definition) is 4. The van der Waals surface area contributed by atoms with E-state index in [2.05, 4.69) is 10.4 Å². The molecule has 3 unspecified atom stereocenters. The largest absolute Gasteiger partial charge is 0.495 e. The zero-order chi connectivity index (χ0) is 11.8. The van der Waals surface area contributed by atoms with E-state index in [1.807, 2.05) is 12.3 Å². The molecular weight excluding hydrogens is 214 g/mol. The fourth-order valence-corrected chi connectivity index (χ4v) is 3.26. The number of aromatic nitrogens is 1. The molecule has 0 aliphatic heterocycles. The first-order chi connectivity index (χ1) is 8.31. The van der Waals surface area contributed by atoms with Crippen molar-refractivity contribution < 1.29 is 4.74 Å². The van der Waals surface area contributed by atoms with Gasteiger partial charge in [-0.3, -0.25) is 16.3 Å². The van der Waals surface area contributed by atoms with E-state index in [4.69, 9.17) is 10.6 Å². The number of hydrogen-bond donors (Lipinski definition) is 2. The monoisotopic (exact) mass is 233 g/mol.